The maximum Gasteiger partial charge on any atom is 0.137 e. The normalized spacial score (nSPS) is 15.4. The second-order valence-corrected chi connectivity index (χ2v) is 13.2. The van der Waals surface area contributed by atoms with Gasteiger partial charge in [0, 0.05) is 45.0 Å². The summed E-state index contributed by atoms with van der Waals surface area (Å²) < 4.78 is 13.2. The summed E-state index contributed by atoms with van der Waals surface area (Å²) in [6.45, 7) is 0. The first kappa shape index (κ1) is 27.4. The van der Waals surface area contributed by atoms with E-state index in [4.69, 9.17) is 9.15 Å². The third-order valence-electron chi connectivity index (χ3n) is 10.7. The number of anilines is 3. The lowest BCUT2D eigenvalue weighted by Crippen LogP contribution is -2.32. The Hall–Kier alpha value is -6.58. The van der Waals surface area contributed by atoms with Gasteiger partial charge in [-0.1, -0.05) is 115 Å². The molecule has 11 rings (SSSR count). The molecule has 0 saturated carbocycles. The van der Waals surface area contributed by atoms with Crippen LogP contribution in [-0.2, 0) is 5.41 Å². The van der Waals surface area contributed by atoms with Gasteiger partial charge in [0.15, 0.2) is 0 Å². The van der Waals surface area contributed by atoms with Gasteiger partial charge in [0.1, 0.15) is 22.7 Å². The minimum absolute atomic E-state index is 0.599. The van der Waals surface area contributed by atoms with Crippen LogP contribution in [0.15, 0.2) is 180 Å². The Morgan fingerprint density at radius 3 is 2.00 bits per heavy atom. The highest BCUT2D eigenvalue weighted by Gasteiger charge is 2.52. The van der Waals surface area contributed by atoms with Gasteiger partial charge < -0.3 is 14.1 Å². The molecule has 0 amide bonds. The average Bonchev–Trinajstić information content (AvgIpc) is 3.68. The summed E-state index contributed by atoms with van der Waals surface area (Å²) in [5, 5.41) is 4.63. The van der Waals surface area contributed by atoms with Crippen LogP contribution in [0.1, 0.15) is 22.3 Å². The smallest absolute Gasteiger partial charge is 0.137 e. The first-order chi connectivity index (χ1) is 24.8. The Labute approximate surface area is 289 Å². The minimum atomic E-state index is -0.599. The third kappa shape index (κ3) is 3.64. The van der Waals surface area contributed by atoms with Gasteiger partial charge in [-0.2, -0.15) is 0 Å². The molecule has 1 atom stereocenters. The zero-order valence-electron chi connectivity index (χ0n) is 27.0. The SMILES string of the molecule is c1ccc(N(c2ccc3c(c2)C2(c4ccccc4Oc4ccc5ccccc5c42)c2ccccc2-3)c2ccc3c(c2)oc2ccccc23)cc1. The fourth-order valence-corrected chi connectivity index (χ4v) is 8.69. The molecule has 1 spiro atoms. The topological polar surface area (TPSA) is 25.6 Å². The highest BCUT2D eigenvalue weighted by molar-refractivity contribution is 6.06. The molecule has 0 fully saturated rings. The van der Waals surface area contributed by atoms with Crippen molar-refractivity contribution >= 4 is 49.8 Å². The van der Waals surface area contributed by atoms with E-state index in [0.29, 0.717) is 0 Å². The standard InChI is InChI=1S/C47H29NO2/c1-2-13-31(14-3-1)48(33-24-26-38-37-17-7-10-20-42(37)49-45(38)29-33)32-23-25-36-35-16-6-8-18-39(35)47(41(36)28-32)40-19-9-11-21-43(40)50-44-27-22-30-12-4-5-15-34(30)46(44)47/h1-29H. The number of hydrogen-bond donors (Lipinski definition) is 0. The first-order valence-corrected chi connectivity index (χ1v) is 17.1. The van der Waals surface area contributed by atoms with Crippen LogP contribution < -0.4 is 9.64 Å². The third-order valence-corrected chi connectivity index (χ3v) is 10.7. The fraction of sp³-hybridized carbons (Fsp3) is 0.0213. The van der Waals surface area contributed by atoms with Gasteiger partial charge in [0.2, 0.25) is 0 Å². The molecule has 8 aromatic carbocycles. The molecule has 0 bridgehead atoms. The van der Waals surface area contributed by atoms with E-state index in [0.717, 1.165) is 56.1 Å². The predicted octanol–water partition coefficient (Wildman–Crippen LogP) is 12.7. The van der Waals surface area contributed by atoms with E-state index < -0.39 is 5.41 Å². The van der Waals surface area contributed by atoms with Gasteiger partial charge in [-0.25, -0.2) is 0 Å². The molecule has 234 valence electrons. The summed E-state index contributed by atoms with van der Waals surface area (Å²) >= 11 is 0. The van der Waals surface area contributed by atoms with Crippen molar-refractivity contribution < 1.29 is 9.15 Å². The molecule has 1 aromatic heterocycles. The van der Waals surface area contributed by atoms with Gasteiger partial charge in [0.05, 0.1) is 5.41 Å². The average molecular weight is 640 g/mol. The van der Waals surface area contributed by atoms with Crippen molar-refractivity contribution in [3.8, 4) is 22.6 Å². The lowest BCUT2D eigenvalue weighted by molar-refractivity contribution is 0.438. The van der Waals surface area contributed by atoms with Crippen molar-refractivity contribution in [2.75, 3.05) is 4.90 Å². The highest BCUT2D eigenvalue weighted by atomic mass is 16.5. The van der Waals surface area contributed by atoms with Crippen LogP contribution in [0, 0.1) is 0 Å². The Morgan fingerprint density at radius 1 is 0.400 bits per heavy atom. The molecule has 9 aromatic rings. The Balaban J connectivity index is 1.22. The van der Waals surface area contributed by atoms with Gasteiger partial charge in [-0.15, -0.1) is 0 Å². The number of rotatable bonds is 3. The van der Waals surface area contributed by atoms with Gasteiger partial charge in [0.25, 0.3) is 0 Å². The lowest BCUT2D eigenvalue weighted by atomic mass is 9.65. The lowest BCUT2D eigenvalue weighted by Gasteiger charge is -2.40. The molecule has 50 heavy (non-hydrogen) atoms. The number of benzene rings is 8. The van der Waals surface area contributed by atoms with Crippen molar-refractivity contribution in [3.05, 3.63) is 198 Å². The van der Waals surface area contributed by atoms with Crippen LogP contribution in [0.25, 0.3) is 43.8 Å². The molecule has 0 saturated heterocycles. The largest absolute Gasteiger partial charge is 0.457 e. The molecular weight excluding hydrogens is 611 g/mol. The Bertz CT molecular complexity index is 2810. The van der Waals surface area contributed by atoms with Crippen LogP contribution in [0.5, 0.6) is 11.5 Å². The molecule has 0 radical (unpaired) electrons. The summed E-state index contributed by atoms with van der Waals surface area (Å²) in [4.78, 5) is 2.35. The van der Waals surface area contributed by atoms with Gasteiger partial charge >= 0.3 is 0 Å². The summed E-state index contributed by atoms with van der Waals surface area (Å²) in [7, 11) is 0. The van der Waals surface area contributed by atoms with Gasteiger partial charge in [-0.3, -0.25) is 0 Å². The van der Waals surface area contributed by atoms with Crippen LogP contribution in [0.4, 0.5) is 17.1 Å². The molecule has 2 aliphatic rings. The molecule has 1 unspecified atom stereocenters. The maximum atomic E-state index is 6.76. The van der Waals surface area contributed by atoms with Crippen molar-refractivity contribution in [2.24, 2.45) is 0 Å². The molecule has 3 nitrogen and oxygen atoms in total. The predicted molar refractivity (Wildman–Crippen MR) is 203 cm³/mol. The number of furan rings is 1. The van der Waals surface area contributed by atoms with Crippen molar-refractivity contribution in [1.82, 2.24) is 0 Å². The second-order valence-electron chi connectivity index (χ2n) is 13.2. The molecule has 1 aliphatic carbocycles. The maximum absolute atomic E-state index is 6.76. The number of para-hydroxylation sites is 3. The summed E-state index contributed by atoms with van der Waals surface area (Å²) in [5.41, 5.74) is 11.7. The van der Waals surface area contributed by atoms with Crippen LogP contribution in [0.2, 0.25) is 0 Å². The molecule has 3 heteroatoms. The van der Waals surface area contributed by atoms with E-state index in [9.17, 15) is 0 Å². The van der Waals surface area contributed by atoms with Crippen molar-refractivity contribution in [3.63, 3.8) is 0 Å². The highest BCUT2D eigenvalue weighted by Crippen LogP contribution is 2.64. The van der Waals surface area contributed by atoms with E-state index in [2.05, 4.69) is 169 Å². The van der Waals surface area contributed by atoms with Gasteiger partial charge in [-0.05, 0) is 87.6 Å². The zero-order chi connectivity index (χ0) is 32.8. The fourth-order valence-electron chi connectivity index (χ4n) is 8.69. The first-order valence-electron chi connectivity index (χ1n) is 17.1. The van der Waals surface area contributed by atoms with Crippen LogP contribution in [-0.4, -0.2) is 0 Å². The van der Waals surface area contributed by atoms with E-state index >= 15 is 0 Å². The van der Waals surface area contributed by atoms with Crippen LogP contribution in [0.3, 0.4) is 0 Å². The monoisotopic (exact) mass is 639 g/mol. The van der Waals surface area contributed by atoms with E-state index in [1.165, 1.54) is 38.6 Å². The number of nitrogens with zero attached hydrogens (tertiary/aromatic N) is 1. The van der Waals surface area contributed by atoms with E-state index in [1.54, 1.807) is 0 Å². The molecule has 1 aliphatic heterocycles. The van der Waals surface area contributed by atoms with Crippen LogP contribution >= 0.6 is 0 Å². The Kier molecular flexibility index (Phi) is 5.59. The van der Waals surface area contributed by atoms with E-state index in [1.807, 2.05) is 12.1 Å². The van der Waals surface area contributed by atoms with Crippen molar-refractivity contribution in [2.45, 2.75) is 5.41 Å². The molecule has 0 N–H and O–H groups in total. The van der Waals surface area contributed by atoms with E-state index in [-0.39, 0.29) is 0 Å². The Morgan fingerprint density at radius 2 is 1.08 bits per heavy atom. The molecule has 2 heterocycles. The number of hydrogen-bond acceptors (Lipinski definition) is 3. The minimum Gasteiger partial charge on any atom is -0.457 e. The molecular formula is C47H29NO2. The zero-order valence-corrected chi connectivity index (χ0v) is 27.0. The summed E-state index contributed by atoms with van der Waals surface area (Å²) in [6.07, 6.45) is 0. The summed E-state index contributed by atoms with van der Waals surface area (Å²) in [5.74, 6) is 1.78. The summed E-state index contributed by atoms with van der Waals surface area (Å²) in [6, 6.07) is 63.0. The van der Waals surface area contributed by atoms with Crippen molar-refractivity contribution in [1.29, 1.82) is 0 Å². The number of ether oxygens (including phenoxy) is 1. The second kappa shape index (κ2) is 10.2. The quantitative estimate of drug-likeness (QED) is 0.192. The number of fused-ring (bicyclic) bond motifs is 14.